The molecule has 1 aliphatic carbocycles. The Labute approximate surface area is 218 Å². The average Bonchev–Trinajstić information content (AvgIpc) is 2.88. The van der Waals surface area contributed by atoms with Crippen LogP contribution in [0.25, 0.3) is 11.1 Å². The van der Waals surface area contributed by atoms with Crippen molar-refractivity contribution in [1.29, 1.82) is 0 Å². The molecule has 0 saturated heterocycles. The lowest BCUT2D eigenvalue weighted by molar-refractivity contribution is -0.139. The molecule has 0 aromatic heterocycles. The fourth-order valence-electron chi connectivity index (χ4n) is 3.99. The van der Waals surface area contributed by atoms with Gasteiger partial charge in [-0.1, -0.05) is 25.3 Å². The van der Waals surface area contributed by atoms with Crippen molar-refractivity contribution in [1.82, 2.24) is 0 Å². The SMILES string of the molecule is C=C(C)C(=O)OCCCOC1CCC(COc2ccc(-c3ccc(OC(=O)C(=C)C)cc3F)cc2)CC1. The number of hydrogen-bond donors (Lipinski definition) is 0. The minimum atomic E-state index is -0.589. The summed E-state index contributed by atoms with van der Waals surface area (Å²) in [5, 5.41) is 0. The molecule has 0 N–H and O–H groups in total. The normalized spacial score (nSPS) is 17.1. The molecular weight excluding hydrogens is 475 g/mol. The molecule has 2 aromatic carbocycles. The molecule has 7 heteroatoms. The molecule has 0 spiro atoms. The van der Waals surface area contributed by atoms with Crippen molar-refractivity contribution in [3.8, 4) is 22.6 Å². The summed E-state index contributed by atoms with van der Waals surface area (Å²) in [7, 11) is 0. The van der Waals surface area contributed by atoms with E-state index in [0.717, 1.165) is 31.4 Å². The van der Waals surface area contributed by atoms with Crippen molar-refractivity contribution in [3.63, 3.8) is 0 Å². The lowest BCUT2D eigenvalue weighted by atomic mass is 9.88. The minimum Gasteiger partial charge on any atom is -0.493 e. The molecule has 1 aliphatic rings. The molecule has 198 valence electrons. The summed E-state index contributed by atoms with van der Waals surface area (Å²) >= 11 is 0. The zero-order valence-electron chi connectivity index (χ0n) is 21.6. The Morgan fingerprint density at radius 2 is 1.54 bits per heavy atom. The third-order valence-corrected chi connectivity index (χ3v) is 6.17. The Morgan fingerprint density at radius 3 is 2.16 bits per heavy atom. The molecule has 0 unspecified atom stereocenters. The Morgan fingerprint density at radius 1 is 0.892 bits per heavy atom. The topological polar surface area (TPSA) is 71.1 Å². The average molecular weight is 511 g/mol. The molecule has 0 heterocycles. The summed E-state index contributed by atoms with van der Waals surface area (Å²) in [5.74, 6) is -0.0963. The number of carbonyl (C=O) groups excluding carboxylic acids is 2. The summed E-state index contributed by atoms with van der Waals surface area (Å²) in [6.07, 6.45) is 4.93. The van der Waals surface area contributed by atoms with Crippen LogP contribution < -0.4 is 9.47 Å². The molecular formula is C30H35FO6. The van der Waals surface area contributed by atoms with Crippen LogP contribution in [0.1, 0.15) is 46.0 Å². The Hall–Kier alpha value is -3.45. The summed E-state index contributed by atoms with van der Waals surface area (Å²) < 4.78 is 36.7. The Kier molecular flexibility index (Phi) is 10.4. The van der Waals surface area contributed by atoms with Gasteiger partial charge in [-0.25, -0.2) is 14.0 Å². The zero-order chi connectivity index (χ0) is 26.8. The van der Waals surface area contributed by atoms with E-state index in [4.69, 9.17) is 18.9 Å². The lowest BCUT2D eigenvalue weighted by Gasteiger charge is -2.28. The third-order valence-electron chi connectivity index (χ3n) is 6.17. The summed E-state index contributed by atoms with van der Waals surface area (Å²) in [5.41, 5.74) is 1.77. The van der Waals surface area contributed by atoms with Gasteiger partial charge in [-0.3, -0.25) is 0 Å². The lowest BCUT2D eigenvalue weighted by Crippen LogP contribution is -2.25. The van der Waals surface area contributed by atoms with Crippen molar-refractivity contribution < 1.29 is 32.9 Å². The van der Waals surface area contributed by atoms with Crippen LogP contribution in [0.2, 0.25) is 0 Å². The number of halogens is 1. The second-order valence-corrected chi connectivity index (χ2v) is 9.43. The molecule has 1 saturated carbocycles. The fraction of sp³-hybridized carbons (Fsp3) is 0.400. The van der Waals surface area contributed by atoms with E-state index in [2.05, 4.69) is 13.2 Å². The van der Waals surface area contributed by atoms with Gasteiger partial charge in [0, 0.05) is 29.2 Å². The number of hydrogen-bond acceptors (Lipinski definition) is 6. The first-order valence-corrected chi connectivity index (χ1v) is 12.6. The first-order chi connectivity index (χ1) is 17.7. The zero-order valence-corrected chi connectivity index (χ0v) is 21.6. The van der Waals surface area contributed by atoms with Crippen molar-refractivity contribution in [2.45, 2.75) is 52.1 Å². The van der Waals surface area contributed by atoms with E-state index >= 15 is 0 Å². The second kappa shape index (κ2) is 13.7. The quantitative estimate of drug-likeness (QED) is 0.142. The highest BCUT2D eigenvalue weighted by Crippen LogP contribution is 2.30. The van der Waals surface area contributed by atoms with Gasteiger partial charge in [0.2, 0.25) is 0 Å². The van der Waals surface area contributed by atoms with E-state index in [-0.39, 0.29) is 23.4 Å². The van der Waals surface area contributed by atoms with Crippen LogP contribution in [0.15, 0.2) is 66.8 Å². The van der Waals surface area contributed by atoms with Crippen molar-refractivity contribution in [3.05, 3.63) is 72.6 Å². The van der Waals surface area contributed by atoms with Crippen molar-refractivity contribution in [2.24, 2.45) is 5.92 Å². The summed E-state index contributed by atoms with van der Waals surface area (Å²) in [6.45, 7) is 11.8. The summed E-state index contributed by atoms with van der Waals surface area (Å²) in [4.78, 5) is 23.0. The van der Waals surface area contributed by atoms with Gasteiger partial charge in [0.05, 0.1) is 25.9 Å². The molecule has 0 amide bonds. The molecule has 1 fully saturated rings. The van der Waals surface area contributed by atoms with Gasteiger partial charge < -0.3 is 18.9 Å². The van der Waals surface area contributed by atoms with Crippen LogP contribution in [0, 0.1) is 11.7 Å². The predicted molar refractivity (Wildman–Crippen MR) is 140 cm³/mol. The van der Waals surface area contributed by atoms with E-state index in [1.807, 2.05) is 24.3 Å². The van der Waals surface area contributed by atoms with Crippen LogP contribution in [0.3, 0.4) is 0 Å². The highest BCUT2D eigenvalue weighted by atomic mass is 19.1. The maximum atomic E-state index is 14.6. The molecule has 3 rings (SSSR count). The standard InChI is InChI=1S/C30H35FO6/c1-20(2)29(32)35-17-5-16-34-24-10-6-22(7-11-24)19-36-25-12-8-23(9-13-25)27-15-14-26(18-28(27)31)37-30(33)21(3)4/h8-9,12-15,18,22,24H,1,3,5-7,10-11,16-17,19H2,2,4H3. The molecule has 0 radical (unpaired) electrons. The first kappa shape index (κ1) is 28.1. The maximum Gasteiger partial charge on any atom is 0.338 e. The Balaban J connectivity index is 1.38. The first-order valence-electron chi connectivity index (χ1n) is 12.6. The number of carbonyl (C=O) groups is 2. The number of rotatable bonds is 12. The van der Waals surface area contributed by atoms with Crippen molar-refractivity contribution in [2.75, 3.05) is 19.8 Å². The number of esters is 2. The predicted octanol–water partition coefficient (Wildman–Crippen LogP) is 6.44. The van der Waals surface area contributed by atoms with Crippen LogP contribution in [-0.2, 0) is 19.1 Å². The van der Waals surface area contributed by atoms with Gasteiger partial charge in [0.1, 0.15) is 17.3 Å². The van der Waals surface area contributed by atoms with Crippen LogP contribution in [-0.4, -0.2) is 37.9 Å². The Bertz CT molecular complexity index is 1100. The van der Waals surface area contributed by atoms with E-state index in [9.17, 15) is 14.0 Å². The highest BCUT2D eigenvalue weighted by Gasteiger charge is 2.22. The van der Waals surface area contributed by atoms with E-state index < -0.39 is 11.8 Å². The van der Waals surface area contributed by atoms with Gasteiger partial charge in [0.25, 0.3) is 0 Å². The second-order valence-electron chi connectivity index (χ2n) is 9.43. The van der Waals surface area contributed by atoms with Gasteiger partial charge in [-0.05, 0) is 75.3 Å². The molecule has 0 atom stereocenters. The summed E-state index contributed by atoms with van der Waals surface area (Å²) in [6, 6.07) is 11.6. The number of benzene rings is 2. The van der Waals surface area contributed by atoms with Gasteiger partial charge in [-0.2, -0.15) is 0 Å². The van der Waals surface area contributed by atoms with E-state index in [0.29, 0.717) is 48.9 Å². The monoisotopic (exact) mass is 510 g/mol. The molecule has 2 aromatic rings. The minimum absolute atomic E-state index is 0.137. The largest absolute Gasteiger partial charge is 0.493 e. The molecule has 0 aliphatic heterocycles. The van der Waals surface area contributed by atoms with Gasteiger partial charge in [-0.15, -0.1) is 0 Å². The number of ether oxygens (including phenoxy) is 4. The molecule has 37 heavy (non-hydrogen) atoms. The van der Waals surface area contributed by atoms with Crippen LogP contribution >= 0.6 is 0 Å². The fourth-order valence-corrected chi connectivity index (χ4v) is 3.99. The van der Waals surface area contributed by atoms with Gasteiger partial charge in [0.15, 0.2) is 0 Å². The highest BCUT2D eigenvalue weighted by molar-refractivity contribution is 5.89. The molecule has 0 bridgehead atoms. The van der Waals surface area contributed by atoms with Gasteiger partial charge >= 0.3 is 11.9 Å². The third kappa shape index (κ3) is 8.86. The van der Waals surface area contributed by atoms with Crippen LogP contribution in [0.4, 0.5) is 4.39 Å². The van der Waals surface area contributed by atoms with Crippen molar-refractivity contribution >= 4 is 11.9 Å². The van der Waals surface area contributed by atoms with E-state index in [1.165, 1.54) is 13.0 Å². The smallest absolute Gasteiger partial charge is 0.338 e. The van der Waals surface area contributed by atoms with E-state index in [1.54, 1.807) is 19.1 Å². The molecule has 6 nitrogen and oxygen atoms in total. The maximum absolute atomic E-state index is 14.6. The van der Waals surface area contributed by atoms with Crippen LogP contribution in [0.5, 0.6) is 11.5 Å².